The minimum Gasteiger partial charge on any atom is -0.495 e. The van der Waals surface area contributed by atoms with Crippen molar-refractivity contribution in [2.24, 2.45) is 0 Å². The lowest BCUT2D eigenvalue weighted by Crippen LogP contribution is -2.17. The Balaban J connectivity index is 1.45. The monoisotopic (exact) mass is 471 g/mol. The quantitative estimate of drug-likeness (QED) is 0.411. The smallest absolute Gasteiger partial charge is 0.495 e. The van der Waals surface area contributed by atoms with Crippen molar-refractivity contribution in [2.75, 3.05) is 13.7 Å². The summed E-state index contributed by atoms with van der Waals surface area (Å²) in [6, 6.07) is 9.71. The average molecular weight is 472 g/mol. The van der Waals surface area contributed by atoms with Gasteiger partial charge in [-0.1, -0.05) is 29.9 Å². The van der Waals surface area contributed by atoms with E-state index in [9.17, 15) is 13.2 Å². The molecule has 0 amide bonds. The Morgan fingerprint density at radius 2 is 1.76 bits per heavy atom. The third-order valence-corrected chi connectivity index (χ3v) is 5.75. The van der Waals surface area contributed by atoms with Crippen molar-refractivity contribution in [3.8, 4) is 11.5 Å². The number of halogens is 3. The van der Waals surface area contributed by atoms with E-state index in [2.05, 4.69) is 29.9 Å². The second-order valence-corrected chi connectivity index (χ2v) is 8.65. The Morgan fingerprint density at radius 1 is 1.00 bits per heavy atom. The van der Waals surface area contributed by atoms with E-state index in [1.165, 1.54) is 17.7 Å². The van der Waals surface area contributed by atoms with E-state index in [1.807, 2.05) is 12.1 Å². The van der Waals surface area contributed by atoms with Gasteiger partial charge < -0.3 is 14.2 Å². The minimum absolute atomic E-state index is 0.244. The maximum Gasteiger partial charge on any atom is 0.573 e. The fourth-order valence-corrected chi connectivity index (χ4v) is 3.89. The second kappa shape index (κ2) is 10.5. The highest BCUT2D eigenvalue weighted by atomic mass is 19.4. The molecule has 2 aromatic rings. The third kappa shape index (κ3) is 6.73. The molecule has 2 aliphatic rings. The number of benzene rings is 1. The lowest BCUT2D eigenvalue weighted by molar-refractivity contribution is -0.274. The first-order valence-electron chi connectivity index (χ1n) is 11.4. The molecule has 180 valence electrons. The molecular weight excluding hydrogens is 443 g/mol. The molecule has 0 radical (unpaired) electrons. The Morgan fingerprint density at radius 3 is 2.44 bits per heavy atom. The van der Waals surface area contributed by atoms with Crippen LogP contribution in [0.2, 0.25) is 0 Å². The molecule has 0 atom stereocenters. The summed E-state index contributed by atoms with van der Waals surface area (Å²) in [7, 11) is 1.68. The SMILES string of the molecule is COc1ccc(C2=C/C(COCc3ccc(OC(F)(F)F)cc3)=C\CC/C(C)=C\2)nc1C1CC1. The summed E-state index contributed by atoms with van der Waals surface area (Å²) >= 11 is 0. The first-order chi connectivity index (χ1) is 16.3. The standard InChI is InChI=1S/C27H28F3NO3/c1-18-4-3-5-20(17-33-16-19-6-10-23(11-7-19)34-27(28,29)30)15-22(14-18)24-12-13-25(32-2)26(31-24)21-8-9-21/h5-7,10-15,21H,3-4,8-9,16-17H2,1-2H3/b18-14-,20-5+,22-15+. The second-order valence-electron chi connectivity index (χ2n) is 8.65. The van der Waals surface area contributed by atoms with Gasteiger partial charge in [-0.2, -0.15) is 0 Å². The summed E-state index contributed by atoms with van der Waals surface area (Å²) in [6.45, 7) is 2.80. The summed E-state index contributed by atoms with van der Waals surface area (Å²) < 4.78 is 52.3. The molecule has 1 saturated carbocycles. The van der Waals surface area contributed by atoms with E-state index >= 15 is 0 Å². The van der Waals surface area contributed by atoms with E-state index in [0.29, 0.717) is 12.5 Å². The highest BCUT2D eigenvalue weighted by Crippen LogP contribution is 2.43. The normalized spacial score (nSPS) is 21.3. The molecular formula is C27H28F3NO3. The largest absolute Gasteiger partial charge is 0.573 e. The number of allylic oxidation sites excluding steroid dienone is 4. The van der Waals surface area contributed by atoms with Crippen LogP contribution in [0.25, 0.3) is 5.57 Å². The van der Waals surface area contributed by atoms with E-state index in [-0.39, 0.29) is 12.4 Å². The van der Waals surface area contributed by atoms with E-state index in [0.717, 1.165) is 59.5 Å². The van der Waals surface area contributed by atoms with Gasteiger partial charge in [-0.25, -0.2) is 4.98 Å². The Labute approximate surface area is 197 Å². The molecule has 1 fully saturated rings. The molecule has 0 saturated heterocycles. The van der Waals surface area contributed by atoms with Gasteiger partial charge in [0.2, 0.25) is 0 Å². The highest BCUT2D eigenvalue weighted by Gasteiger charge is 2.31. The lowest BCUT2D eigenvalue weighted by Gasteiger charge is -2.14. The molecule has 0 unspecified atom stereocenters. The molecule has 0 aliphatic heterocycles. The van der Waals surface area contributed by atoms with Gasteiger partial charge in [0, 0.05) is 11.5 Å². The van der Waals surface area contributed by atoms with Crippen molar-refractivity contribution in [2.45, 2.75) is 51.5 Å². The molecule has 2 aliphatic carbocycles. The van der Waals surface area contributed by atoms with Gasteiger partial charge in [-0.05, 0) is 74.1 Å². The fraction of sp³-hybridized carbons (Fsp3) is 0.370. The van der Waals surface area contributed by atoms with Crippen LogP contribution in [0.4, 0.5) is 13.2 Å². The Hall–Kier alpha value is -3.06. The van der Waals surface area contributed by atoms with Gasteiger partial charge in [-0.15, -0.1) is 13.2 Å². The number of pyridine rings is 1. The Kier molecular flexibility index (Phi) is 7.41. The molecule has 0 spiro atoms. The van der Waals surface area contributed by atoms with Crippen LogP contribution >= 0.6 is 0 Å². The summed E-state index contributed by atoms with van der Waals surface area (Å²) in [6.07, 6.45) is 5.91. The van der Waals surface area contributed by atoms with Crippen LogP contribution in [0.1, 0.15) is 55.5 Å². The Bertz CT molecular complexity index is 1100. The minimum atomic E-state index is -4.70. The molecule has 0 bridgehead atoms. The number of hydrogen-bond donors (Lipinski definition) is 0. The van der Waals surface area contributed by atoms with Crippen LogP contribution < -0.4 is 9.47 Å². The molecule has 1 aromatic carbocycles. The van der Waals surface area contributed by atoms with Crippen molar-refractivity contribution in [1.29, 1.82) is 0 Å². The van der Waals surface area contributed by atoms with Crippen LogP contribution in [-0.4, -0.2) is 25.1 Å². The van der Waals surface area contributed by atoms with Gasteiger partial charge in [0.1, 0.15) is 11.5 Å². The van der Waals surface area contributed by atoms with Gasteiger partial charge >= 0.3 is 6.36 Å². The lowest BCUT2D eigenvalue weighted by atomic mass is 9.98. The predicted molar refractivity (Wildman–Crippen MR) is 125 cm³/mol. The van der Waals surface area contributed by atoms with Gasteiger partial charge in [0.05, 0.1) is 31.7 Å². The van der Waals surface area contributed by atoms with E-state index in [4.69, 9.17) is 14.5 Å². The van der Waals surface area contributed by atoms with Crippen LogP contribution in [-0.2, 0) is 11.3 Å². The number of nitrogens with zero attached hydrogens (tertiary/aromatic N) is 1. The maximum absolute atomic E-state index is 12.3. The summed E-state index contributed by atoms with van der Waals surface area (Å²) in [5, 5.41) is 0. The first-order valence-corrected chi connectivity index (χ1v) is 11.4. The summed E-state index contributed by atoms with van der Waals surface area (Å²) in [5.41, 5.74) is 6.07. The van der Waals surface area contributed by atoms with Crippen molar-refractivity contribution >= 4 is 5.57 Å². The molecule has 4 nitrogen and oxygen atoms in total. The van der Waals surface area contributed by atoms with E-state index < -0.39 is 6.36 Å². The molecule has 1 aromatic heterocycles. The van der Waals surface area contributed by atoms with Gasteiger partial charge in [-0.3, -0.25) is 0 Å². The van der Waals surface area contributed by atoms with Gasteiger partial charge in [0.25, 0.3) is 0 Å². The number of rotatable bonds is 8. The summed E-state index contributed by atoms with van der Waals surface area (Å²) in [4.78, 5) is 4.93. The third-order valence-electron chi connectivity index (χ3n) is 5.75. The van der Waals surface area contributed by atoms with E-state index in [1.54, 1.807) is 19.2 Å². The molecule has 1 heterocycles. The fourth-order valence-electron chi connectivity index (χ4n) is 3.89. The number of hydrogen-bond acceptors (Lipinski definition) is 4. The zero-order valence-corrected chi connectivity index (χ0v) is 19.3. The number of ether oxygens (including phenoxy) is 3. The number of methoxy groups -OCH3 is 1. The number of alkyl halides is 3. The van der Waals surface area contributed by atoms with Crippen molar-refractivity contribution in [3.63, 3.8) is 0 Å². The van der Waals surface area contributed by atoms with Crippen LogP contribution in [0.15, 0.2) is 65.8 Å². The maximum atomic E-state index is 12.3. The van der Waals surface area contributed by atoms with Crippen LogP contribution in [0.5, 0.6) is 11.5 Å². The van der Waals surface area contributed by atoms with Crippen molar-refractivity contribution in [3.05, 3.63) is 82.7 Å². The number of aromatic nitrogens is 1. The highest BCUT2D eigenvalue weighted by molar-refractivity contribution is 5.75. The topological polar surface area (TPSA) is 40.6 Å². The molecule has 0 N–H and O–H groups in total. The zero-order valence-electron chi connectivity index (χ0n) is 19.3. The van der Waals surface area contributed by atoms with Gasteiger partial charge in [0.15, 0.2) is 0 Å². The zero-order chi connectivity index (χ0) is 24.1. The molecule has 4 rings (SSSR count). The molecule has 7 heteroatoms. The van der Waals surface area contributed by atoms with Crippen LogP contribution in [0.3, 0.4) is 0 Å². The average Bonchev–Trinajstić information content (AvgIpc) is 3.62. The predicted octanol–water partition coefficient (Wildman–Crippen LogP) is 7.13. The first kappa shape index (κ1) is 24.1. The van der Waals surface area contributed by atoms with Crippen molar-refractivity contribution < 1.29 is 27.4 Å². The summed E-state index contributed by atoms with van der Waals surface area (Å²) in [5.74, 6) is 1.07. The van der Waals surface area contributed by atoms with Crippen molar-refractivity contribution in [1.82, 2.24) is 4.98 Å². The van der Waals surface area contributed by atoms with Crippen LogP contribution in [0, 0.1) is 0 Å². The molecule has 34 heavy (non-hydrogen) atoms.